The van der Waals surface area contributed by atoms with E-state index in [4.69, 9.17) is 10.6 Å². The number of aromatic nitrogens is 3. The van der Waals surface area contributed by atoms with Crippen LogP contribution >= 0.6 is 11.8 Å². The third-order valence-corrected chi connectivity index (χ3v) is 5.37. The van der Waals surface area contributed by atoms with Crippen molar-refractivity contribution in [2.75, 3.05) is 18.3 Å². The van der Waals surface area contributed by atoms with E-state index in [-0.39, 0.29) is 5.91 Å². The van der Waals surface area contributed by atoms with Crippen molar-refractivity contribution in [2.24, 2.45) is 0 Å². The third kappa shape index (κ3) is 4.12. The summed E-state index contributed by atoms with van der Waals surface area (Å²) in [6.45, 7) is 5.74. The minimum Gasteiger partial charge on any atom is -0.495 e. The summed E-state index contributed by atoms with van der Waals surface area (Å²) in [6.07, 6.45) is 0. The maximum atomic E-state index is 12.7. The molecule has 0 fully saturated rings. The summed E-state index contributed by atoms with van der Waals surface area (Å²) in [6, 6.07) is 13.4. The number of rotatable bonds is 6. The number of nitrogens with two attached hydrogens (primary N) is 1. The lowest BCUT2D eigenvalue weighted by Gasteiger charge is -2.14. The molecule has 1 atom stereocenters. The van der Waals surface area contributed by atoms with Crippen molar-refractivity contribution in [3.8, 4) is 17.1 Å². The number of anilines is 1. The Balaban J connectivity index is 1.75. The average molecular weight is 398 g/mol. The molecule has 2 aromatic carbocycles. The van der Waals surface area contributed by atoms with Gasteiger partial charge in [-0.1, -0.05) is 42.1 Å². The van der Waals surface area contributed by atoms with E-state index in [1.165, 1.54) is 16.4 Å². The zero-order valence-corrected chi connectivity index (χ0v) is 17.1. The predicted octanol–water partition coefficient (Wildman–Crippen LogP) is 3.40. The number of hydrogen-bond acceptors (Lipinski definition) is 6. The SMILES string of the molecule is COc1ccc(C)cc1NC(=O)[C@@H](C)Sc1nnc(-c2ccccc2C)n1N. The molecule has 3 rings (SSSR count). The number of hydrogen-bond donors (Lipinski definition) is 2. The molecule has 0 saturated carbocycles. The first kappa shape index (κ1) is 19.8. The second-order valence-corrected chi connectivity index (χ2v) is 7.75. The quantitative estimate of drug-likeness (QED) is 0.489. The van der Waals surface area contributed by atoms with Crippen LogP contribution in [0.25, 0.3) is 11.4 Å². The molecule has 0 aliphatic rings. The second-order valence-electron chi connectivity index (χ2n) is 6.44. The van der Waals surface area contributed by atoms with Crippen LogP contribution in [0.1, 0.15) is 18.1 Å². The highest BCUT2D eigenvalue weighted by Crippen LogP contribution is 2.29. The van der Waals surface area contributed by atoms with Gasteiger partial charge >= 0.3 is 0 Å². The summed E-state index contributed by atoms with van der Waals surface area (Å²) in [5.41, 5.74) is 3.62. The molecule has 0 bridgehead atoms. The van der Waals surface area contributed by atoms with Gasteiger partial charge in [-0.15, -0.1) is 10.2 Å². The van der Waals surface area contributed by atoms with Crippen LogP contribution in [0.3, 0.4) is 0 Å². The number of carbonyl (C=O) groups is 1. The lowest BCUT2D eigenvalue weighted by molar-refractivity contribution is -0.115. The molecule has 8 heteroatoms. The van der Waals surface area contributed by atoms with E-state index in [0.717, 1.165) is 16.7 Å². The zero-order chi connectivity index (χ0) is 20.3. The van der Waals surface area contributed by atoms with E-state index in [9.17, 15) is 4.79 Å². The number of ether oxygens (including phenoxy) is 1. The molecule has 0 unspecified atom stereocenters. The number of thioether (sulfide) groups is 1. The van der Waals surface area contributed by atoms with Gasteiger partial charge in [0.05, 0.1) is 18.0 Å². The van der Waals surface area contributed by atoms with Crippen molar-refractivity contribution in [1.82, 2.24) is 14.9 Å². The van der Waals surface area contributed by atoms with Gasteiger partial charge in [0.25, 0.3) is 0 Å². The summed E-state index contributed by atoms with van der Waals surface area (Å²) in [5, 5.41) is 11.3. The van der Waals surface area contributed by atoms with Gasteiger partial charge in [0.15, 0.2) is 5.82 Å². The van der Waals surface area contributed by atoms with E-state index in [2.05, 4.69) is 15.5 Å². The molecular weight excluding hydrogens is 374 g/mol. The summed E-state index contributed by atoms with van der Waals surface area (Å²) in [7, 11) is 1.57. The number of amides is 1. The Bertz CT molecular complexity index is 1000. The lowest BCUT2D eigenvalue weighted by atomic mass is 10.1. The Hall–Kier alpha value is -3.00. The molecule has 1 amide bonds. The Labute approximate surface area is 168 Å². The van der Waals surface area contributed by atoms with Crippen molar-refractivity contribution in [3.05, 3.63) is 53.6 Å². The van der Waals surface area contributed by atoms with Crippen molar-refractivity contribution in [3.63, 3.8) is 0 Å². The highest BCUT2D eigenvalue weighted by Gasteiger charge is 2.21. The van der Waals surface area contributed by atoms with Crippen LogP contribution in [-0.4, -0.2) is 33.1 Å². The summed E-state index contributed by atoms with van der Waals surface area (Å²) < 4.78 is 6.73. The fourth-order valence-corrected chi connectivity index (χ4v) is 3.50. The van der Waals surface area contributed by atoms with Crippen LogP contribution in [0.2, 0.25) is 0 Å². The molecule has 0 aliphatic heterocycles. The Morgan fingerprint density at radius 2 is 1.96 bits per heavy atom. The Morgan fingerprint density at radius 1 is 1.21 bits per heavy atom. The normalized spacial score (nSPS) is 11.9. The maximum Gasteiger partial charge on any atom is 0.237 e. The molecule has 3 N–H and O–H groups in total. The van der Waals surface area contributed by atoms with Crippen LogP contribution in [0.4, 0.5) is 5.69 Å². The largest absolute Gasteiger partial charge is 0.495 e. The van der Waals surface area contributed by atoms with E-state index >= 15 is 0 Å². The number of nitrogen functional groups attached to an aromatic ring is 1. The fourth-order valence-electron chi connectivity index (χ4n) is 2.73. The van der Waals surface area contributed by atoms with Crippen molar-refractivity contribution >= 4 is 23.4 Å². The van der Waals surface area contributed by atoms with Gasteiger partial charge in [-0.25, -0.2) is 4.68 Å². The number of carbonyl (C=O) groups excluding carboxylic acids is 1. The van der Waals surface area contributed by atoms with Gasteiger partial charge in [0.1, 0.15) is 5.75 Å². The first-order valence-electron chi connectivity index (χ1n) is 8.79. The van der Waals surface area contributed by atoms with Crippen LogP contribution in [0.5, 0.6) is 5.75 Å². The molecule has 146 valence electrons. The first-order valence-corrected chi connectivity index (χ1v) is 9.67. The number of methoxy groups -OCH3 is 1. The molecule has 0 spiro atoms. The van der Waals surface area contributed by atoms with Crippen LogP contribution in [0.15, 0.2) is 47.6 Å². The van der Waals surface area contributed by atoms with E-state index in [1.807, 2.05) is 56.3 Å². The first-order chi connectivity index (χ1) is 13.4. The molecule has 7 nitrogen and oxygen atoms in total. The monoisotopic (exact) mass is 397 g/mol. The summed E-state index contributed by atoms with van der Waals surface area (Å²) >= 11 is 1.25. The van der Waals surface area contributed by atoms with E-state index < -0.39 is 5.25 Å². The minimum absolute atomic E-state index is 0.172. The van der Waals surface area contributed by atoms with Crippen LogP contribution in [-0.2, 0) is 4.79 Å². The van der Waals surface area contributed by atoms with Gasteiger partial charge in [0.2, 0.25) is 11.1 Å². The summed E-state index contributed by atoms with van der Waals surface area (Å²) in [4.78, 5) is 12.7. The standard InChI is InChI=1S/C20H23N5O2S/c1-12-9-10-17(27-4)16(11-12)22-19(26)14(3)28-20-24-23-18(25(20)21)15-8-6-5-7-13(15)2/h5-11,14H,21H2,1-4H3,(H,22,26)/t14-/m1/s1. The summed E-state index contributed by atoms with van der Waals surface area (Å²) in [5.74, 6) is 7.19. The third-order valence-electron chi connectivity index (χ3n) is 4.31. The molecule has 0 saturated heterocycles. The van der Waals surface area contributed by atoms with Crippen molar-refractivity contribution < 1.29 is 9.53 Å². The van der Waals surface area contributed by atoms with Gasteiger partial charge in [-0.05, 0) is 44.0 Å². The second kappa shape index (κ2) is 8.35. The number of nitrogens with one attached hydrogen (secondary N) is 1. The van der Waals surface area contributed by atoms with Gasteiger partial charge in [-0.3, -0.25) is 4.79 Å². The van der Waals surface area contributed by atoms with Gasteiger partial charge < -0.3 is 15.9 Å². The number of benzene rings is 2. The smallest absolute Gasteiger partial charge is 0.237 e. The molecular formula is C20H23N5O2S. The molecule has 0 radical (unpaired) electrons. The number of aryl methyl sites for hydroxylation is 2. The van der Waals surface area contributed by atoms with E-state index in [1.54, 1.807) is 14.0 Å². The topological polar surface area (TPSA) is 95.1 Å². The molecule has 1 aromatic heterocycles. The highest BCUT2D eigenvalue weighted by molar-refractivity contribution is 8.00. The van der Waals surface area contributed by atoms with Crippen molar-refractivity contribution in [2.45, 2.75) is 31.2 Å². The maximum absolute atomic E-state index is 12.7. The highest BCUT2D eigenvalue weighted by atomic mass is 32.2. The number of nitrogens with zero attached hydrogens (tertiary/aromatic N) is 3. The fraction of sp³-hybridized carbons (Fsp3) is 0.250. The molecule has 28 heavy (non-hydrogen) atoms. The zero-order valence-electron chi connectivity index (χ0n) is 16.3. The van der Waals surface area contributed by atoms with Crippen LogP contribution in [0, 0.1) is 13.8 Å². The van der Waals surface area contributed by atoms with Gasteiger partial charge in [-0.2, -0.15) is 0 Å². The van der Waals surface area contributed by atoms with Crippen LogP contribution < -0.4 is 15.9 Å². The Kier molecular flexibility index (Phi) is 5.89. The van der Waals surface area contributed by atoms with Gasteiger partial charge in [0, 0.05) is 5.56 Å². The minimum atomic E-state index is -0.429. The van der Waals surface area contributed by atoms with E-state index in [0.29, 0.717) is 22.4 Å². The molecule has 1 heterocycles. The predicted molar refractivity (Wildman–Crippen MR) is 112 cm³/mol. The average Bonchev–Trinajstić information content (AvgIpc) is 3.02. The lowest BCUT2D eigenvalue weighted by Crippen LogP contribution is -2.24. The molecule has 3 aromatic rings. The Morgan fingerprint density at radius 3 is 2.68 bits per heavy atom. The molecule has 0 aliphatic carbocycles. The van der Waals surface area contributed by atoms with Crippen molar-refractivity contribution in [1.29, 1.82) is 0 Å².